The van der Waals surface area contributed by atoms with Crippen molar-refractivity contribution in [3.8, 4) is 0 Å². The van der Waals surface area contributed by atoms with E-state index >= 15 is 0 Å². The number of hydrogen-bond acceptors (Lipinski definition) is 4. The Hall–Kier alpha value is 0.235. The van der Waals surface area contributed by atoms with Crippen LogP contribution >= 0.6 is 63.7 Å². The number of hydrogen-bond donors (Lipinski definition) is 0. The van der Waals surface area contributed by atoms with Crippen molar-refractivity contribution >= 4 is 70.0 Å². The number of rotatable bonds is 2. The minimum Gasteiger partial charge on any atom is -0.380 e. The molecule has 0 aliphatic rings. The molecule has 166 valence electrons. The van der Waals surface area contributed by atoms with Crippen LogP contribution in [0.3, 0.4) is 0 Å². The van der Waals surface area contributed by atoms with E-state index in [0.717, 1.165) is 20.2 Å². The topological polar surface area (TPSA) is 55.7 Å². The van der Waals surface area contributed by atoms with E-state index in [0.29, 0.717) is 16.6 Å². The second-order valence-corrected chi connectivity index (χ2v) is 7.98. The molecule has 0 unspecified atom stereocenters. The molecule has 0 atom stereocenters. The molecule has 3 rings (SSSR count). The molecular weight excluding hydrogens is 656 g/mol. The molecule has 0 N–H and O–H groups in total. The van der Waals surface area contributed by atoms with Gasteiger partial charge in [0.05, 0.1) is 0 Å². The van der Waals surface area contributed by atoms with Crippen LogP contribution in [0.2, 0.25) is 0 Å². The van der Waals surface area contributed by atoms with E-state index < -0.39 is 0 Å². The molecule has 0 aliphatic carbocycles. The summed E-state index contributed by atoms with van der Waals surface area (Å²) in [5.74, 6) is 0. The van der Waals surface area contributed by atoms with E-state index in [-0.39, 0.29) is 52.6 Å². The Balaban J connectivity index is -0.000000100. The zero-order valence-corrected chi connectivity index (χ0v) is 23.5. The zero-order chi connectivity index (χ0) is 21.2. The van der Waals surface area contributed by atoms with E-state index in [1.54, 1.807) is 24.3 Å². The Labute approximate surface area is 251 Å². The third-order valence-electron chi connectivity index (χ3n) is 2.47. The molecule has 3 heterocycles. The van der Waals surface area contributed by atoms with Crippen LogP contribution in [0.4, 0.5) is 0 Å². The van der Waals surface area contributed by atoms with Crippen LogP contribution in [-0.4, -0.2) is 21.2 Å². The van der Waals surface area contributed by atoms with Crippen LogP contribution in [0.1, 0.15) is 45.1 Å². The van der Waals surface area contributed by atoms with Gasteiger partial charge >= 0.3 is 37.7 Å². The summed E-state index contributed by atoms with van der Waals surface area (Å²) in [6.45, 7) is 5.72. The first-order chi connectivity index (χ1) is 13.4. The van der Waals surface area contributed by atoms with Crippen molar-refractivity contribution in [2.24, 2.45) is 0 Å². The molecule has 0 aromatic carbocycles. The van der Waals surface area contributed by atoms with Gasteiger partial charge in [0.2, 0.25) is 0 Å². The Morgan fingerprint density at radius 3 is 1.50 bits per heavy atom. The maximum atomic E-state index is 10.1. The summed E-state index contributed by atoms with van der Waals surface area (Å²) in [5, 5.41) is 0. The minimum absolute atomic E-state index is 0. The standard InChI is InChI=1S/C6H4BrNO.C5H3Br2N.C5H3BrN.C4H9.2CH4.2Li/c7-6-3-1-2-5(4-9)8-6;6-4-2-1-3-5(7)8-4;6-5-3-1-2-4-7-5;1-3-4-2;;;;/h1-4H;1-3H;1-3H;1,3-4H2,2H3;2*1H4;;/q;;2*-1;;;2*+1. The molecule has 0 fully saturated rings. The number of aldehydes is 1. The van der Waals surface area contributed by atoms with Gasteiger partial charge in [-0.3, -0.25) is 4.79 Å². The summed E-state index contributed by atoms with van der Waals surface area (Å²) in [7, 11) is 0. The van der Waals surface area contributed by atoms with E-state index in [2.05, 4.69) is 98.7 Å². The molecule has 4 nitrogen and oxygen atoms in total. The molecular formula is C22H27Br4Li2N3O. The number of unbranched alkanes of at least 4 members (excludes halogenated alkanes) is 1. The Kier molecular flexibility index (Phi) is 38.8. The van der Waals surface area contributed by atoms with Gasteiger partial charge in [0.15, 0.2) is 6.29 Å². The normalized spacial score (nSPS) is 7.69. The maximum absolute atomic E-state index is 10.1. The van der Waals surface area contributed by atoms with E-state index in [1.165, 1.54) is 6.42 Å². The van der Waals surface area contributed by atoms with Gasteiger partial charge in [-0.15, -0.1) is 22.0 Å². The number of pyridine rings is 3. The van der Waals surface area contributed by atoms with Crippen molar-refractivity contribution in [1.29, 1.82) is 0 Å². The second-order valence-electron chi connectivity index (χ2n) is 4.73. The van der Waals surface area contributed by atoms with Crippen molar-refractivity contribution < 1.29 is 42.5 Å². The Morgan fingerprint density at radius 2 is 1.28 bits per heavy atom. The number of carbonyl (C=O) groups is 1. The van der Waals surface area contributed by atoms with Crippen LogP contribution in [-0.2, 0) is 0 Å². The first kappa shape index (κ1) is 42.4. The summed E-state index contributed by atoms with van der Waals surface area (Å²) in [6.07, 6.45) is 5.65. The van der Waals surface area contributed by atoms with Crippen LogP contribution in [0.25, 0.3) is 0 Å². The molecule has 10 heteroatoms. The van der Waals surface area contributed by atoms with Gasteiger partial charge in [-0.1, -0.05) is 46.5 Å². The summed E-state index contributed by atoms with van der Waals surface area (Å²) in [6, 6.07) is 16.3. The van der Waals surface area contributed by atoms with Crippen LogP contribution in [0.15, 0.2) is 73.0 Å². The quantitative estimate of drug-likeness (QED) is 0.181. The average molecular weight is 683 g/mol. The first-order valence-corrected chi connectivity index (χ1v) is 11.2. The molecule has 0 aliphatic heterocycles. The van der Waals surface area contributed by atoms with Crippen molar-refractivity contribution in [2.45, 2.75) is 34.6 Å². The van der Waals surface area contributed by atoms with Gasteiger partial charge in [-0.05, 0) is 76.7 Å². The molecule has 0 bridgehead atoms. The molecule has 3 aromatic rings. The molecule has 32 heavy (non-hydrogen) atoms. The van der Waals surface area contributed by atoms with Crippen molar-refractivity contribution in [1.82, 2.24) is 15.0 Å². The monoisotopic (exact) mass is 679 g/mol. The molecule has 0 amide bonds. The van der Waals surface area contributed by atoms with Gasteiger partial charge in [0.25, 0.3) is 0 Å². The molecule has 0 radical (unpaired) electrons. The van der Waals surface area contributed by atoms with Gasteiger partial charge in [-0.25, -0.2) is 9.97 Å². The van der Waals surface area contributed by atoms with Gasteiger partial charge in [0.1, 0.15) is 19.5 Å². The van der Waals surface area contributed by atoms with Crippen LogP contribution < -0.4 is 37.7 Å². The fourth-order valence-electron chi connectivity index (χ4n) is 1.18. The maximum Gasteiger partial charge on any atom is 1.00 e. The molecule has 3 aromatic heterocycles. The number of aromatic nitrogens is 3. The number of carbonyl (C=O) groups excluding carboxylic acids is 1. The number of halogens is 4. The molecule has 0 saturated carbocycles. The van der Waals surface area contributed by atoms with Crippen molar-refractivity contribution in [3.05, 3.63) is 91.8 Å². The smallest absolute Gasteiger partial charge is 0.380 e. The van der Waals surface area contributed by atoms with Crippen molar-refractivity contribution in [3.63, 3.8) is 0 Å². The van der Waals surface area contributed by atoms with Gasteiger partial charge < -0.3 is 11.9 Å². The summed E-state index contributed by atoms with van der Waals surface area (Å²) < 4.78 is 3.22. The molecule has 0 saturated heterocycles. The fourth-order valence-corrected chi connectivity index (χ4v) is 2.72. The van der Waals surface area contributed by atoms with Gasteiger partial charge in [0, 0.05) is 0 Å². The third-order valence-corrected chi connectivity index (χ3v) is 4.23. The SMILES string of the molecule is Brc1ccc[c-]n1.Brc1cccc(Br)n1.C.C.O=Cc1cccc(Br)n1.[CH2-]CCC.[Li+].[Li+]. The first-order valence-electron chi connectivity index (χ1n) is 8.06. The van der Waals surface area contributed by atoms with Crippen LogP contribution in [0.5, 0.6) is 0 Å². The Morgan fingerprint density at radius 1 is 0.844 bits per heavy atom. The predicted molar refractivity (Wildman–Crippen MR) is 141 cm³/mol. The Bertz CT molecular complexity index is 782. The van der Waals surface area contributed by atoms with E-state index in [9.17, 15) is 4.79 Å². The zero-order valence-electron chi connectivity index (χ0n) is 17.2. The van der Waals surface area contributed by atoms with Crippen molar-refractivity contribution in [2.75, 3.05) is 0 Å². The van der Waals surface area contributed by atoms with E-state index in [1.807, 2.05) is 30.3 Å². The fraction of sp³-hybridized carbons (Fsp3) is 0.227. The summed E-state index contributed by atoms with van der Waals surface area (Å²) >= 11 is 12.7. The second kappa shape index (κ2) is 29.3. The minimum atomic E-state index is 0. The predicted octanol–water partition coefficient (Wildman–Crippen LogP) is 2.81. The summed E-state index contributed by atoms with van der Waals surface area (Å²) in [4.78, 5) is 21.7. The number of nitrogens with zero attached hydrogens (tertiary/aromatic N) is 3. The van der Waals surface area contributed by atoms with E-state index in [4.69, 9.17) is 0 Å². The largest absolute Gasteiger partial charge is 1.00 e. The third kappa shape index (κ3) is 26.5. The van der Waals surface area contributed by atoms with Gasteiger partial charge in [-0.2, -0.15) is 18.6 Å². The molecule has 0 spiro atoms. The summed E-state index contributed by atoms with van der Waals surface area (Å²) in [5.41, 5.74) is 0.448. The average Bonchev–Trinajstić information content (AvgIpc) is 2.69. The van der Waals surface area contributed by atoms with Crippen LogP contribution in [0, 0.1) is 13.1 Å².